The van der Waals surface area contributed by atoms with Crippen LogP contribution in [0.2, 0.25) is 0 Å². The van der Waals surface area contributed by atoms with Crippen molar-refractivity contribution in [2.75, 3.05) is 19.9 Å². The summed E-state index contributed by atoms with van der Waals surface area (Å²) in [6.45, 7) is 3.81. The van der Waals surface area contributed by atoms with Crippen molar-refractivity contribution in [3.63, 3.8) is 0 Å². The van der Waals surface area contributed by atoms with Gasteiger partial charge in [-0.2, -0.15) is 0 Å². The Balaban J connectivity index is 1.23. The third-order valence-corrected chi connectivity index (χ3v) is 6.44. The molecule has 2 aliphatic rings. The largest absolute Gasteiger partial charge is 0.454 e. The van der Waals surface area contributed by atoms with Crippen LogP contribution in [0.4, 0.5) is 0 Å². The second-order valence-electron chi connectivity index (χ2n) is 6.91. The summed E-state index contributed by atoms with van der Waals surface area (Å²) in [7, 11) is 0. The summed E-state index contributed by atoms with van der Waals surface area (Å²) in [6.07, 6.45) is 2.44. The molecule has 0 radical (unpaired) electrons. The van der Waals surface area contributed by atoms with Crippen molar-refractivity contribution in [2.24, 2.45) is 0 Å². The average Bonchev–Trinajstić information content (AvgIpc) is 3.28. The number of thiazole rings is 1. The molecular weight excluding hydrogens is 332 g/mol. The normalized spacial score (nSPS) is 22.4. The van der Waals surface area contributed by atoms with Crippen molar-refractivity contribution < 1.29 is 14.4 Å². The zero-order valence-corrected chi connectivity index (χ0v) is 14.8. The second-order valence-corrected chi connectivity index (χ2v) is 7.97. The maximum Gasteiger partial charge on any atom is 0.231 e. The van der Waals surface area contributed by atoms with E-state index >= 15 is 0 Å². The van der Waals surface area contributed by atoms with E-state index in [1.807, 2.05) is 17.4 Å². The molecule has 128 valence electrons. The molecule has 1 aromatic heterocycles. The molecule has 5 heteroatoms. The third kappa shape index (κ3) is 2.98. The molecule has 2 aromatic carbocycles. The highest BCUT2D eigenvalue weighted by atomic mass is 32.1. The van der Waals surface area contributed by atoms with Gasteiger partial charge in [-0.3, -0.25) is 0 Å². The van der Waals surface area contributed by atoms with Crippen LogP contribution < -0.4 is 14.4 Å². The van der Waals surface area contributed by atoms with E-state index in [4.69, 9.17) is 14.5 Å². The second kappa shape index (κ2) is 6.32. The van der Waals surface area contributed by atoms with Crippen molar-refractivity contribution in [1.29, 1.82) is 0 Å². The lowest BCUT2D eigenvalue weighted by Crippen LogP contribution is -3.11. The number of piperidine rings is 1. The number of quaternary nitrogens is 1. The van der Waals surface area contributed by atoms with Crippen molar-refractivity contribution >= 4 is 21.6 Å². The van der Waals surface area contributed by atoms with E-state index < -0.39 is 0 Å². The van der Waals surface area contributed by atoms with E-state index in [2.05, 4.69) is 36.4 Å². The lowest BCUT2D eigenvalue weighted by Gasteiger charge is -2.28. The van der Waals surface area contributed by atoms with Gasteiger partial charge in [-0.25, -0.2) is 4.98 Å². The quantitative estimate of drug-likeness (QED) is 0.786. The molecule has 1 fully saturated rings. The Hall–Kier alpha value is -2.11. The van der Waals surface area contributed by atoms with Gasteiger partial charge in [-0.15, -0.1) is 11.3 Å². The molecule has 0 bridgehead atoms. The minimum absolute atomic E-state index is 0.346. The minimum Gasteiger partial charge on any atom is -0.454 e. The van der Waals surface area contributed by atoms with Crippen LogP contribution in [0.15, 0.2) is 42.5 Å². The Kier molecular flexibility index (Phi) is 3.83. The van der Waals surface area contributed by atoms with Gasteiger partial charge in [0.05, 0.1) is 28.3 Å². The fourth-order valence-corrected chi connectivity index (χ4v) is 4.99. The van der Waals surface area contributed by atoms with Gasteiger partial charge in [-0.05, 0) is 30.3 Å². The van der Waals surface area contributed by atoms with Crippen LogP contribution in [-0.2, 0) is 6.54 Å². The molecule has 5 rings (SSSR count). The van der Waals surface area contributed by atoms with Crippen molar-refractivity contribution in [2.45, 2.75) is 25.3 Å². The molecule has 4 nitrogen and oxygen atoms in total. The standard InChI is InChI=1S/C20H20N2O2S/c1-2-4-19-16(3-1)21-20(25-19)15-7-9-22(10-8-15)12-14-5-6-17-18(11-14)24-13-23-17/h1-6,11,15H,7-10,12-13H2/p+1. The maximum absolute atomic E-state index is 5.49. The molecule has 1 saturated heterocycles. The van der Waals surface area contributed by atoms with Gasteiger partial charge in [0.15, 0.2) is 11.5 Å². The van der Waals surface area contributed by atoms with Crippen LogP contribution >= 0.6 is 11.3 Å². The van der Waals surface area contributed by atoms with Gasteiger partial charge in [-0.1, -0.05) is 12.1 Å². The predicted octanol–water partition coefficient (Wildman–Crippen LogP) is 2.99. The Morgan fingerprint density at radius 2 is 1.88 bits per heavy atom. The molecule has 1 N–H and O–H groups in total. The van der Waals surface area contributed by atoms with Gasteiger partial charge < -0.3 is 14.4 Å². The van der Waals surface area contributed by atoms with E-state index in [0.29, 0.717) is 12.7 Å². The van der Waals surface area contributed by atoms with Crippen LogP contribution in [0.3, 0.4) is 0 Å². The Morgan fingerprint density at radius 1 is 1.04 bits per heavy atom. The Morgan fingerprint density at radius 3 is 2.76 bits per heavy atom. The van der Waals surface area contributed by atoms with E-state index in [1.165, 1.54) is 41.2 Å². The highest BCUT2D eigenvalue weighted by Gasteiger charge is 2.26. The number of para-hydroxylation sites is 1. The summed E-state index contributed by atoms with van der Waals surface area (Å²) in [4.78, 5) is 6.51. The van der Waals surface area contributed by atoms with Gasteiger partial charge in [0, 0.05) is 24.3 Å². The zero-order valence-electron chi connectivity index (χ0n) is 14.0. The van der Waals surface area contributed by atoms with Gasteiger partial charge in [0.1, 0.15) is 6.54 Å². The number of ether oxygens (including phenoxy) is 2. The van der Waals surface area contributed by atoms with Crippen LogP contribution in [0.25, 0.3) is 10.2 Å². The first kappa shape index (κ1) is 15.2. The maximum atomic E-state index is 5.49. The molecule has 0 aliphatic carbocycles. The van der Waals surface area contributed by atoms with Crippen molar-refractivity contribution in [3.8, 4) is 11.5 Å². The van der Waals surface area contributed by atoms with Crippen LogP contribution in [0.1, 0.15) is 29.3 Å². The summed E-state index contributed by atoms with van der Waals surface area (Å²) >= 11 is 1.87. The molecule has 0 saturated carbocycles. The van der Waals surface area contributed by atoms with E-state index in [9.17, 15) is 0 Å². The minimum atomic E-state index is 0.346. The first-order valence-corrected chi connectivity index (χ1v) is 9.74. The number of likely N-dealkylation sites (tertiary alicyclic amines) is 1. The number of nitrogens with one attached hydrogen (secondary N) is 1. The molecule has 0 unspecified atom stereocenters. The number of hydrogen-bond acceptors (Lipinski definition) is 4. The fraction of sp³-hybridized carbons (Fsp3) is 0.350. The van der Waals surface area contributed by atoms with E-state index in [1.54, 1.807) is 4.90 Å². The molecule has 3 aromatic rings. The Bertz CT molecular complexity index is 867. The molecule has 25 heavy (non-hydrogen) atoms. The first-order valence-electron chi connectivity index (χ1n) is 8.93. The van der Waals surface area contributed by atoms with Gasteiger partial charge in [0.25, 0.3) is 0 Å². The summed E-state index contributed by atoms with van der Waals surface area (Å²) in [5.41, 5.74) is 2.48. The van der Waals surface area contributed by atoms with E-state index in [0.717, 1.165) is 23.6 Å². The summed E-state index contributed by atoms with van der Waals surface area (Å²) in [6, 6.07) is 14.8. The molecule has 3 heterocycles. The van der Waals surface area contributed by atoms with Gasteiger partial charge >= 0.3 is 0 Å². The molecule has 0 spiro atoms. The molecule has 0 amide bonds. The summed E-state index contributed by atoms with van der Waals surface area (Å²) in [5, 5.41) is 1.32. The monoisotopic (exact) mass is 353 g/mol. The number of fused-ring (bicyclic) bond motifs is 2. The van der Waals surface area contributed by atoms with E-state index in [-0.39, 0.29) is 0 Å². The molecule has 2 aliphatic heterocycles. The zero-order chi connectivity index (χ0) is 16.6. The number of benzene rings is 2. The fourth-order valence-electron chi connectivity index (χ4n) is 3.85. The summed E-state index contributed by atoms with van der Waals surface area (Å²) in [5.74, 6) is 2.38. The molecule has 0 atom stereocenters. The van der Waals surface area contributed by atoms with Crippen LogP contribution in [0, 0.1) is 0 Å². The number of rotatable bonds is 3. The number of nitrogens with zero attached hydrogens (tertiary/aromatic N) is 1. The van der Waals surface area contributed by atoms with Crippen LogP contribution in [-0.4, -0.2) is 24.9 Å². The third-order valence-electron chi connectivity index (χ3n) is 5.24. The van der Waals surface area contributed by atoms with Gasteiger partial charge in [0.2, 0.25) is 6.79 Å². The predicted molar refractivity (Wildman–Crippen MR) is 98.6 cm³/mol. The highest BCUT2D eigenvalue weighted by molar-refractivity contribution is 7.18. The van der Waals surface area contributed by atoms with Crippen molar-refractivity contribution in [3.05, 3.63) is 53.0 Å². The highest BCUT2D eigenvalue weighted by Crippen LogP contribution is 2.33. The lowest BCUT2D eigenvalue weighted by molar-refractivity contribution is -0.919. The SMILES string of the molecule is c1ccc2sc(C3CC[NH+](Cc4ccc5c(c4)OCO5)CC3)nc2c1. The average molecular weight is 353 g/mol. The topological polar surface area (TPSA) is 35.8 Å². The lowest BCUT2D eigenvalue weighted by atomic mass is 9.97. The number of hydrogen-bond donors (Lipinski definition) is 1. The smallest absolute Gasteiger partial charge is 0.231 e. The number of aromatic nitrogens is 1. The van der Waals surface area contributed by atoms with Crippen molar-refractivity contribution in [1.82, 2.24) is 4.98 Å². The van der Waals surface area contributed by atoms with Crippen LogP contribution in [0.5, 0.6) is 11.5 Å². The summed E-state index contributed by atoms with van der Waals surface area (Å²) < 4.78 is 12.2. The molecular formula is C20H21N2O2S+. The first-order chi connectivity index (χ1) is 12.3. The Labute approximate surface area is 151 Å².